The van der Waals surface area contributed by atoms with Gasteiger partial charge < -0.3 is 9.84 Å². The van der Waals surface area contributed by atoms with Crippen molar-refractivity contribution in [3.63, 3.8) is 0 Å². The van der Waals surface area contributed by atoms with Gasteiger partial charge in [-0.25, -0.2) is 0 Å². The maximum atomic E-state index is 10.5. The molecule has 1 N–H and O–H groups in total. The second-order valence-corrected chi connectivity index (χ2v) is 5.64. The first-order chi connectivity index (χ1) is 9.76. The van der Waals surface area contributed by atoms with Crippen molar-refractivity contribution in [2.24, 2.45) is 0 Å². The quantitative estimate of drug-likeness (QED) is 0.865. The zero-order valence-corrected chi connectivity index (χ0v) is 12.7. The molecule has 0 spiro atoms. The Morgan fingerprint density at radius 3 is 2.60 bits per heavy atom. The number of ether oxygens (including phenoxy) is 1. The van der Waals surface area contributed by atoms with E-state index in [1.54, 1.807) is 7.11 Å². The Morgan fingerprint density at radius 2 is 1.95 bits per heavy atom. The molecule has 1 aromatic carbocycles. The van der Waals surface area contributed by atoms with Crippen LogP contribution in [0.5, 0.6) is 5.75 Å². The Hall–Kier alpha value is -1.06. The van der Waals surface area contributed by atoms with Gasteiger partial charge in [0.15, 0.2) is 0 Å². The van der Waals surface area contributed by atoms with E-state index in [-0.39, 0.29) is 0 Å². The molecular weight excluding hydrogens is 250 g/mol. The zero-order valence-electron chi connectivity index (χ0n) is 12.7. The second-order valence-electron chi connectivity index (χ2n) is 5.64. The van der Waals surface area contributed by atoms with Crippen molar-refractivity contribution >= 4 is 0 Å². The van der Waals surface area contributed by atoms with Crippen molar-refractivity contribution in [2.75, 3.05) is 20.2 Å². The third-order valence-corrected chi connectivity index (χ3v) is 4.40. The summed E-state index contributed by atoms with van der Waals surface area (Å²) in [5.74, 6) is 0.777. The van der Waals surface area contributed by atoms with Gasteiger partial charge in [-0.3, -0.25) is 4.90 Å². The van der Waals surface area contributed by atoms with Crippen LogP contribution >= 0.6 is 0 Å². The van der Waals surface area contributed by atoms with Crippen LogP contribution in [0.1, 0.15) is 50.7 Å². The summed E-state index contributed by atoms with van der Waals surface area (Å²) in [4.78, 5) is 2.43. The molecular formula is C17H27NO2. The van der Waals surface area contributed by atoms with Gasteiger partial charge in [-0.2, -0.15) is 0 Å². The number of aliphatic hydroxyl groups excluding tert-OH is 1. The van der Waals surface area contributed by atoms with Gasteiger partial charge in [-0.1, -0.05) is 44.4 Å². The molecule has 20 heavy (non-hydrogen) atoms. The number of nitrogens with zero attached hydrogens (tertiary/aromatic N) is 1. The highest BCUT2D eigenvalue weighted by atomic mass is 16.5. The Bertz CT molecular complexity index is 402. The van der Waals surface area contributed by atoms with Crippen molar-refractivity contribution < 1.29 is 9.84 Å². The fraction of sp³-hybridized carbons (Fsp3) is 0.647. The topological polar surface area (TPSA) is 32.7 Å². The van der Waals surface area contributed by atoms with Gasteiger partial charge in [0, 0.05) is 18.2 Å². The van der Waals surface area contributed by atoms with E-state index in [2.05, 4.69) is 11.8 Å². The molecule has 1 aliphatic carbocycles. The molecule has 112 valence electrons. The molecule has 0 radical (unpaired) electrons. The van der Waals surface area contributed by atoms with Gasteiger partial charge in [0.25, 0.3) is 0 Å². The lowest BCUT2D eigenvalue weighted by molar-refractivity contribution is 0.0752. The van der Waals surface area contributed by atoms with Gasteiger partial charge in [0.2, 0.25) is 0 Å². The third kappa shape index (κ3) is 3.74. The summed E-state index contributed by atoms with van der Waals surface area (Å²) in [7, 11) is 1.66. The molecule has 1 fully saturated rings. The molecule has 1 aliphatic rings. The molecule has 1 aromatic rings. The molecule has 0 amide bonds. The van der Waals surface area contributed by atoms with Crippen LogP contribution in [0.3, 0.4) is 0 Å². The summed E-state index contributed by atoms with van der Waals surface area (Å²) < 4.78 is 5.35. The number of rotatable bonds is 6. The molecule has 3 nitrogen and oxygen atoms in total. The van der Waals surface area contributed by atoms with E-state index in [0.717, 1.165) is 17.9 Å². The molecule has 0 bridgehead atoms. The molecule has 1 atom stereocenters. The molecule has 0 saturated heterocycles. The molecule has 0 aliphatic heterocycles. The Morgan fingerprint density at radius 1 is 1.25 bits per heavy atom. The van der Waals surface area contributed by atoms with Crippen molar-refractivity contribution in [1.82, 2.24) is 4.90 Å². The summed E-state index contributed by atoms with van der Waals surface area (Å²) >= 11 is 0. The van der Waals surface area contributed by atoms with E-state index in [0.29, 0.717) is 12.6 Å². The van der Waals surface area contributed by atoms with Crippen molar-refractivity contribution in [3.8, 4) is 5.75 Å². The third-order valence-electron chi connectivity index (χ3n) is 4.40. The molecule has 0 aromatic heterocycles. The number of aliphatic hydroxyl groups is 1. The maximum absolute atomic E-state index is 10.5. The van der Waals surface area contributed by atoms with Crippen LogP contribution in [0, 0.1) is 0 Å². The van der Waals surface area contributed by atoms with Gasteiger partial charge in [0.05, 0.1) is 13.2 Å². The normalized spacial score (nSPS) is 18.2. The molecule has 1 unspecified atom stereocenters. The van der Waals surface area contributed by atoms with Crippen molar-refractivity contribution in [2.45, 2.75) is 51.2 Å². The average Bonchev–Trinajstić information content (AvgIpc) is 2.53. The first-order valence-electron chi connectivity index (χ1n) is 7.81. The first-order valence-corrected chi connectivity index (χ1v) is 7.81. The van der Waals surface area contributed by atoms with Crippen LogP contribution < -0.4 is 4.74 Å². The highest BCUT2D eigenvalue weighted by molar-refractivity contribution is 5.35. The highest BCUT2D eigenvalue weighted by Crippen LogP contribution is 2.28. The van der Waals surface area contributed by atoms with Gasteiger partial charge in [0.1, 0.15) is 5.75 Å². The number of hydrogen-bond acceptors (Lipinski definition) is 3. The van der Waals surface area contributed by atoms with Crippen LogP contribution in [-0.4, -0.2) is 36.2 Å². The van der Waals surface area contributed by atoms with Gasteiger partial charge >= 0.3 is 0 Å². The summed E-state index contributed by atoms with van der Waals surface area (Å²) in [6.45, 7) is 3.88. The Balaban J connectivity index is 2.02. The minimum absolute atomic E-state index is 0.479. The number of para-hydroxylation sites is 1. The number of benzene rings is 1. The highest BCUT2D eigenvalue weighted by Gasteiger charge is 2.23. The lowest BCUT2D eigenvalue weighted by Crippen LogP contribution is -2.39. The Kier molecular flexibility index (Phi) is 5.86. The van der Waals surface area contributed by atoms with Crippen molar-refractivity contribution in [1.29, 1.82) is 0 Å². The summed E-state index contributed by atoms with van der Waals surface area (Å²) in [5.41, 5.74) is 0.893. The van der Waals surface area contributed by atoms with Crippen LogP contribution in [0.15, 0.2) is 24.3 Å². The average molecular weight is 277 g/mol. The van der Waals surface area contributed by atoms with E-state index in [1.807, 2.05) is 24.3 Å². The Labute approximate surface area is 122 Å². The lowest BCUT2D eigenvalue weighted by atomic mass is 9.93. The molecule has 2 rings (SSSR count). The predicted molar refractivity (Wildman–Crippen MR) is 82.1 cm³/mol. The standard InChI is InChI=1S/C17H27NO2/c1-3-18(14-9-5-4-6-10-14)13-16(19)15-11-7-8-12-17(15)20-2/h7-8,11-12,14,16,19H,3-6,9-10,13H2,1-2H3. The van der Waals surface area contributed by atoms with Crippen LogP contribution in [-0.2, 0) is 0 Å². The van der Waals surface area contributed by atoms with Crippen LogP contribution in [0.4, 0.5) is 0 Å². The first kappa shape index (κ1) is 15.3. The predicted octanol–water partition coefficient (Wildman–Crippen LogP) is 3.38. The van der Waals surface area contributed by atoms with E-state index in [9.17, 15) is 5.11 Å². The van der Waals surface area contributed by atoms with Gasteiger partial charge in [-0.15, -0.1) is 0 Å². The molecule has 1 saturated carbocycles. The smallest absolute Gasteiger partial charge is 0.124 e. The zero-order chi connectivity index (χ0) is 14.4. The number of methoxy groups -OCH3 is 1. The monoisotopic (exact) mass is 277 g/mol. The maximum Gasteiger partial charge on any atom is 0.124 e. The van der Waals surface area contributed by atoms with E-state index < -0.39 is 6.10 Å². The van der Waals surface area contributed by atoms with Crippen molar-refractivity contribution in [3.05, 3.63) is 29.8 Å². The summed E-state index contributed by atoms with van der Waals surface area (Å²) in [6.07, 6.45) is 6.08. The molecule has 0 heterocycles. The van der Waals surface area contributed by atoms with E-state index >= 15 is 0 Å². The largest absolute Gasteiger partial charge is 0.496 e. The number of hydrogen-bond donors (Lipinski definition) is 1. The van der Waals surface area contributed by atoms with Crippen LogP contribution in [0.2, 0.25) is 0 Å². The fourth-order valence-corrected chi connectivity index (χ4v) is 3.24. The number of likely N-dealkylation sites (N-methyl/N-ethyl adjacent to an activating group) is 1. The minimum atomic E-state index is -0.479. The summed E-state index contributed by atoms with van der Waals surface area (Å²) in [6, 6.07) is 8.40. The van der Waals surface area contributed by atoms with E-state index in [4.69, 9.17) is 4.74 Å². The van der Waals surface area contributed by atoms with Gasteiger partial charge in [-0.05, 0) is 25.5 Å². The fourth-order valence-electron chi connectivity index (χ4n) is 3.24. The second kappa shape index (κ2) is 7.65. The van der Waals surface area contributed by atoms with E-state index in [1.165, 1.54) is 32.1 Å². The lowest BCUT2D eigenvalue weighted by Gasteiger charge is -2.35. The SMILES string of the molecule is CCN(CC(O)c1ccccc1OC)C1CCCCC1. The molecule has 3 heteroatoms. The van der Waals surface area contributed by atoms with Crippen LogP contribution in [0.25, 0.3) is 0 Å². The minimum Gasteiger partial charge on any atom is -0.496 e. The summed E-state index contributed by atoms with van der Waals surface area (Å²) in [5, 5.41) is 10.5.